The third-order valence-corrected chi connectivity index (χ3v) is 3.24. The van der Waals surface area contributed by atoms with Crippen molar-refractivity contribution in [3.05, 3.63) is 30.1 Å². The molecule has 1 amide bonds. The van der Waals surface area contributed by atoms with E-state index in [-0.39, 0.29) is 5.91 Å². The van der Waals surface area contributed by atoms with Gasteiger partial charge in [-0.1, -0.05) is 0 Å². The Morgan fingerprint density at radius 2 is 2.15 bits per heavy atom. The number of likely N-dealkylation sites (N-methyl/N-ethyl adjacent to an activating group) is 1. The summed E-state index contributed by atoms with van der Waals surface area (Å²) in [6, 6.07) is 6.02. The normalized spacial score (nSPS) is 11.5. The lowest BCUT2D eigenvalue weighted by Gasteiger charge is -2.11. The standard InChI is InChI=1S/C15H22N4O/c1-11(2)19-10-17-13-9-12(5-6-14(13)19)15(20)16-7-8-18(3)4/h5-6,9-11H,7-8H2,1-4H3,(H,16,20). The van der Waals surface area contributed by atoms with Crippen molar-refractivity contribution in [2.75, 3.05) is 27.2 Å². The largest absolute Gasteiger partial charge is 0.351 e. The molecule has 0 unspecified atom stereocenters. The first kappa shape index (κ1) is 14.5. The topological polar surface area (TPSA) is 50.2 Å². The van der Waals surface area contributed by atoms with E-state index in [9.17, 15) is 4.79 Å². The number of amides is 1. The van der Waals surface area contributed by atoms with E-state index < -0.39 is 0 Å². The third-order valence-electron chi connectivity index (χ3n) is 3.24. The van der Waals surface area contributed by atoms with Gasteiger partial charge in [-0.15, -0.1) is 0 Å². The zero-order valence-corrected chi connectivity index (χ0v) is 12.6. The van der Waals surface area contributed by atoms with Gasteiger partial charge in [-0.05, 0) is 46.1 Å². The zero-order chi connectivity index (χ0) is 14.7. The van der Waals surface area contributed by atoms with E-state index in [1.165, 1.54) is 0 Å². The van der Waals surface area contributed by atoms with Crippen LogP contribution in [0.25, 0.3) is 11.0 Å². The summed E-state index contributed by atoms with van der Waals surface area (Å²) in [5.41, 5.74) is 2.58. The van der Waals surface area contributed by atoms with Gasteiger partial charge in [0.05, 0.1) is 17.4 Å². The minimum Gasteiger partial charge on any atom is -0.351 e. The van der Waals surface area contributed by atoms with Crippen molar-refractivity contribution in [1.29, 1.82) is 0 Å². The molecule has 1 N–H and O–H groups in total. The first-order valence-corrected chi connectivity index (χ1v) is 6.88. The number of hydrogen-bond acceptors (Lipinski definition) is 3. The third kappa shape index (κ3) is 3.17. The Kier molecular flexibility index (Phi) is 4.39. The predicted octanol–water partition coefficient (Wildman–Crippen LogP) is 1.91. The average Bonchev–Trinajstić information content (AvgIpc) is 2.80. The van der Waals surface area contributed by atoms with Crippen LogP contribution in [0.5, 0.6) is 0 Å². The number of hydrogen-bond donors (Lipinski definition) is 1. The van der Waals surface area contributed by atoms with Crippen LogP contribution < -0.4 is 5.32 Å². The fraction of sp³-hybridized carbons (Fsp3) is 0.467. The predicted molar refractivity (Wildman–Crippen MR) is 81.0 cm³/mol. The highest BCUT2D eigenvalue weighted by Gasteiger charge is 2.10. The lowest BCUT2D eigenvalue weighted by molar-refractivity contribution is 0.0951. The maximum absolute atomic E-state index is 12.0. The number of benzene rings is 1. The van der Waals surface area contributed by atoms with E-state index in [1.54, 1.807) is 0 Å². The Morgan fingerprint density at radius 3 is 2.80 bits per heavy atom. The van der Waals surface area contributed by atoms with E-state index in [0.29, 0.717) is 18.2 Å². The Morgan fingerprint density at radius 1 is 1.40 bits per heavy atom. The summed E-state index contributed by atoms with van der Waals surface area (Å²) < 4.78 is 2.10. The van der Waals surface area contributed by atoms with Gasteiger partial charge in [0.25, 0.3) is 5.91 Å². The van der Waals surface area contributed by atoms with Crippen molar-refractivity contribution in [3.8, 4) is 0 Å². The molecule has 0 atom stereocenters. The first-order valence-electron chi connectivity index (χ1n) is 6.88. The Balaban J connectivity index is 2.14. The molecular weight excluding hydrogens is 252 g/mol. The number of imidazole rings is 1. The maximum atomic E-state index is 12.0. The van der Waals surface area contributed by atoms with Crippen LogP contribution in [0.15, 0.2) is 24.5 Å². The molecule has 20 heavy (non-hydrogen) atoms. The molecule has 0 aliphatic rings. The van der Waals surface area contributed by atoms with Crippen molar-refractivity contribution in [2.45, 2.75) is 19.9 Å². The van der Waals surface area contributed by atoms with Gasteiger partial charge in [-0.2, -0.15) is 0 Å². The average molecular weight is 274 g/mol. The number of rotatable bonds is 5. The molecule has 0 radical (unpaired) electrons. The Labute approximate surface area is 119 Å². The Bertz CT molecular complexity index is 601. The fourth-order valence-corrected chi connectivity index (χ4v) is 2.08. The van der Waals surface area contributed by atoms with Gasteiger partial charge in [-0.3, -0.25) is 4.79 Å². The van der Waals surface area contributed by atoms with E-state index in [2.05, 4.69) is 28.7 Å². The molecule has 0 aliphatic heterocycles. The minimum atomic E-state index is -0.0483. The van der Waals surface area contributed by atoms with Gasteiger partial charge in [-0.25, -0.2) is 4.98 Å². The molecule has 0 aliphatic carbocycles. The molecule has 5 heteroatoms. The lowest BCUT2D eigenvalue weighted by Crippen LogP contribution is -2.31. The van der Waals surface area contributed by atoms with Crippen LogP contribution in [0, 0.1) is 0 Å². The van der Waals surface area contributed by atoms with Crippen LogP contribution >= 0.6 is 0 Å². The SMILES string of the molecule is CC(C)n1cnc2cc(C(=O)NCCN(C)C)ccc21. The molecule has 5 nitrogen and oxygen atoms in total. The van der Waals surface area contributed by atoms with Crippen LogP contribution in [-0.4, -0.2) is 47.5 Å². The molecular formula is C15H22N4O. The van der Waals surface area contributed by atoms with E-state index >= 15 is 0 Å². The molecule has 1 aromatic carbocycles. The number of fused-ring (bicyclic) bond motifs is 1. The second-order valence-corrected chi connectivity index (χ2v) is 5.51. The summed E-state index contributed by atoms with van der Waals surface area (Å²) in [7, 11) is 3.97. The van der Waals surface area contributed by atoms with Gasteiger partial charge >= 0.3 is 0 Å². The maximum Gasteiger partial charge on any atom is 0.251 e. The molecule has 0 saturated heterocycles. The summed E-state index contributed by atoms with van der Waals surface area (Å²) >= 11 is 0. The fourth-order valence-electron chi connectivity index (χ4n) is 2.08. The van der Waals surface area contributed by atoms with Crippen molar-refractivity contribution in [1.82, 2.24) is 19.8 Å². The number of nitrogens with one attached hydrogen (secondary N) is 1. The van der Waals surface area contributed by atoms with Crippen LogP contribution in [0.1, 0.15) is 30.2 Å². The van der Waals surface area contributed by atoms with Crippen molar-refractivity contribution >= 4 is 16.9 Å². The molecule has 1 heterocycles. The monoisotopic (exact) mass is 274 g/mol. The Hall–Kier alpha value is -1.88. The number of aromatic nitrogens is 2. The summed E-state index contributed by atoms with van der Waals surface area (Å²) in [5, 5.41) is 2.91. The minimum absolute atomic E-state index is 0.0483. The molecule has 2 rings (SSSR count). The van der Waals surface area contributed by atoms with E-state index in [1.807, 2.05) is 43.5 Å². The van der Waals surface area contributed by atoms with Crippen LogP contribution in [0.4, 0.5) is 0 Å². The number of carbonyl (C=O) groups excluding carboxylic acids is 1. The number of nitrogens with zero attached hydrogens (tertiary/aromatic N) is 3. The first-order chi connectivity index (χ1) is 9.49. The number of carbonyl (C=O) groups is 1. The molecule has 1 aromatic heterocycles. The van der Waals surface area contributed by atoms with Gasteiger partial charge in [0.1, 0.15) is 0 Å². The zero-order valence-electron chi connectivity index (χ0n) is 12.6. The molecule has 0 fully saturated rings. The summed E-state index contributed by atoms with van der Waals surface area (Å²) in [6.45, 7) is 5.70. The second kappa shape index (κ2) is 6.05. The highest BCUT2D eigenvalue weighted by molar-refractivity contribution is 5.97. The molecule has 0 spiro atoms. The quantitative estimate of drug-likeness (QED) is 0.906. The van der Waals surface area contributed by atoms with Crippen LogP contribution in [-0.2, 0) is 0 Å². The van der Waals surface area contributed by atoms with Gasteiger partial charge in [0.2, 0.25) is 0 Å². The summed E-state index contributed by atoms with van der Waals surface area (Å²) in [5.74, 6) is -0.0483. The summed E-state index contributed by atoms with van der Waals surface area (Å²) in [4.78, 5) is 18.4. The van der Waals surface area contributed by atoms with E-state index in [0.717, 1.165) is 17.6 Å². The summed E-state index contributed by atoms with van der Waals surface area (Å²) in [6.07, 6.45) is 1.82. The van der Waals surface area contributed by atoms with Crippen molar-refractivity contribution in [3.63, 3.8) is 0 Å². The second-order valence-electron chi connectivity index (χ2n) is 5.51. The van der Waals surface area contributed by atoms with Crippen molar-refractivity contribution < 1.29 is 4.79 Å². The van der Waals surface area contributed by atoms with Crippen molar-refractivity contribution in [2.24, 2.45) is 0 Å². The smallest absolute Gasteiger partial charge is 0.251 e. The van der Waals surface area contributed by atoms with Crippen LogP contribution in [0.3, 0.4) is 0 Å². The van der Waals surface area contributed by atoms with E-state index in [4.69, 9.17) is 0 Å². The highest BCUT2D eigenvalue weighted by Crippen LogP contribution is 2.18. The lowest BCUT2D eigenvalue weighted by atomic mass is 10.2. The van der Waals surface area contributed by atoms with Gasteiger partial charge in [0, 0.05) is 24.7 Å². The van der Waals surface area contributed by atoms with Gasteiger partial charge < -0.3 is 14.8 Å². The molecule has 108 valence electrons. The molecule has 0 bridgehead atoms. The van der Waals surface area contributed by atoms with Crippen LogP contribution in [0.2, 0.25) is 0 Å². The highest BCUT2D eigenvalue weighted by atomic mass is 16.1. The molecule has 0 saturated carbocycles. The molecule has 2 aromatic rings. The van der Waals surface area contributed by atoms with Gasteiger partial charge in [0.15, 0.2) is 0 Å².